The Labute approximate surface area is 118 Å². The van der Waals surface area contributed by atoms with Gasteiger partial charge in [-0.05, 0) is 32.0 Å². The lowest BCUT2D eigenvalue weighted by atomic mass is 10.1. The highest BCUT2D eigenvalue weighted by Crippen LogP contribution is 2.19. The Kier molecular flexibility index (Phi) is 5.99. The Morgan fingerprint density at radius 2 is 2.10 bits per heavy atom. The maximum absolute atomic E-state index is 11.8. The summed E-state index contributed by atoms with van der Waals surface area (Å²) in [7, 11) is 1.58. The predicted molar refractivity (Wildman–Crippen MR) is 78.8 cm³/mol. The first kappa shape index (κ1) is 16.0. The van der Waals surface area contributed by atoms with E-state index in [0.29, 0.717) is 30.1 Å². The number of nitrogens with two attached hydrogens (primary N) is 1. The van der Waals surface area contributed by atoms with Gasteiger partial charge in [-0.3, -0.25) is 9.59 Å². The minimum absolute atomic E-state index is 0.0839. The molecule has 110 valence electrons. The second-order valence-electron chi connectivity index (χ2n) is 4.51. The highest BCUT2D eigenvalue weighted by Gasteiger charge is 2.13. The van der Waals surface area contributed by atoms with Crippen LogP contribution in [0.3, 0.4) is 0 Å². The van der Waals surface area contributed by atoms with E-state index in [9.17, 15) is 9.59 Å². The Bertz CT molecular complexity index is 489. The van der Waals surface area contributed by atoms with Gasteiger partial charge in [-0.15, -0.1) is 0 Å². The number of ether oxygens (including phenoxy) is 1. The molecule has 6 heteroatoms. The van der Waals surface area contributed by atoms with Crippen LogP contribution < -0.4 is 16.4 Å². The maximum Gasteiger partial charge on any atom is 0.242 e. The minimum Gasteiger partial charge on any atom is -0.398 e. The van der Waals surface area contributed by atoms with E-state index in [1.54, 1.807) is 32.2 Å². The van der Waals surface area contributed by atoms with Crippen LogP contribution in [-0.2, 0) is 9.53 Å². The smallest absolute Gasteiger partial charge is 0.242 e. The summed E-state index contributed by atoms with van der Waals surface area (Å²) in [4.78, 5) is 23.0. The molecule has 1 amide bonds. The first-order valence-corrected chi connectivity index (χ1v) is 6.39. The van der Waals surface area contributed by atoms with Crippen molar-refractivity contribution < 1.29 is 14.3 Å². The number of benzene rings is 1. The Balaban J connectivity index is 2.62. The molecule has 1 atom stereocenters. The molecule has 4 N–H and O–H groups in total. The van der Waals surface area contributed by atoms with Gasteiger partial charge in [-0.25, -0.2) is 0 Å². The third-order valence-electron chi connectivity index (χ3n) is 2.81. The van der Waals surface area contributed by atoms with Gasteiger partial charge in [0.15, 0.2) is 5.78 Å². The molecule has 0 fully saturated rings. The van der Waals surface area contributed by atoms with Crippen molar-refractivity contribution in [3.8, 4) is 0 Å². The van der Waals surface area contributed by atoms with Crippen LogP contribution in [-0.4, -0.2) is 38.0 Å². The largest absolute Gasteiger partial charge is 0.398 e. The van der Waals surface area contributed by atoms with Crippen LogP contribution in [0, 0.1) is 0 Å². The first-order chi connectivity index (χ1) is 9.45. The number of ketones is 1. The fourth-order valence-corrected chi connectivity index (χ4v) is 1.72. The SMILES string of the molecule is COCCNC(=O)C(C)Nc1ccc(C(C)=O)c(N)c1. The lowest BCUT2D eigenvalue weighted by molar-refractivity contribution is -0.121. The zero-order chi connectivity index (χ0) is 15.1. The summed E-state index contributed by atoms with van der Waals surface area (Å²) in [5.41, 5.74) is 7.37. The van der Waals surface area contributed by atoms with Gasteiger partial charge >= 0.3 is 0 Å². The topological polar surface area (TPSA) is 93.5 Å². The minimum atomic E-state index is -0.408. The molecule has 0 bridgehead atoms. The van der Waals surface area contributed by atoms with Crippen LogP contribution in [0.1, 0.15) is 24.2 Å². The van der Waals surface area contributed by atoms with Gasteiger partial charge in [0.2, 0.25) is 5.91 Å². The Morgan fingerprint density at radius 1 is 1.40 bits per heavy atom. The van der Waals surface area contributed by atoms with E-state index in [2.05, 4.69) is 10.6 Å². The van der Waals surface area contributed by atoms with Crippen molar-refractivity contribution in [2.24, 2.45) is 0 Å². The summed E-state index contributed by atoms with van der Waals surface area (Å²) in [6, 6.07) is 4.62. The van der Waals surface area contributed by atoms with Crippen molar-refractivity contribution in [3.05, 3.63) is 23.8 Å². The van der Waals surface area contributed by atoms with E-state index in [1.165, 1.54) is 6.92 Å². The zero-order valence-corrected chi connectivity index (χ0v) is 12.0. The number of Topliss-reactive ketones (excluding diaryl/α,β-unsaturated/α-hetero) is 1. The van der Waals surface area contributed by atoms with Crippen LogP contribution in [0.2, 0.25) is 0 Å². The summed E-state index contributed by atoms with van der Waals surface area (Å²) >= 11 is 0. The number of hydrogen-bond acceptors (Lipinski definition) is 5. The summed E-state index contributed by atoms with van der Waals surface area (Å²) in [6.45, 7) is 4.15. The molecular weight excluding hydrogens is 258 g/mol. The third kappa shape index (κ3) is 4.55. The predicted octanol–water partition coefficient (Wildman–Crippen LogP) is 1.03. The third-order valence-corrected chi connectivity index (χ3v) is 2.81. The van der Waals surface area contributed by atoms with E-state index >= 15 is 0 Å². The molecule has 0 aliphatic heterocycles. The van der Waals surface area contributed by atoms with Gasteiger partial charge in [-0.2, -0.15) is 0 Å². The molecule has 0 heterocycles. The number of carbonyl (C=O) groups excluding carboxylic acids is 2. The molecule has 0 radical (unpaired) electrons. The molecular formula is C14H21N3O3. The number of nitrogens with one attached hydrogen (secondary N) is 2. The lowest BCUT2D eigenvalue weighted by Gasteiger charge is -2.16. The van der Waals surface area contributed by atoms with Crippen molar-refractivity contribution in [2.75, 3.05) is 31.3 Å². The molecule has 0 aliphatic rings. The highest BCUT2D eigenvalue weighted by atomic mass is 16.5. The summed E-state index contributed by atoms with van der Waals surface area (Å²) in [5.74, 6) is -0.212. The molecule has 0 spiro atoms. The van der Waals surface area contributed by atoms with E-state index in [4.69, 9.17) is 10.5 Å². The van der Waals surface area contributed by atoms with E-state index in [0.717, 1.165) is 0 Å². The number of hydrogen-bond donors (Lipinski definition) is 3. The van der Waals surface area contributed by atoms with Gasteiger partial charge in [0.25, 0.3) is 0 Å². The van der Waals surface area contributed by atoms with Gasteiger partial charge in [0.1, 0.15) is 6.04 Å². The molecule has 0 aliphatic carbocycles. The average Bonchev–Trinajstić information content (AvgIpc) is 2.38. The second kappa shape index (κ2) is 7.49. The number of rotatable bonds is 7. The Morgan fingerprint density at radius 3 is 2.65 bits per heavy atom. The van der Waals surface area contributed by atoms with Crippen LogP contribution in [0.5, 0.6) is 0 Å². The number of methoxy groups -OCH3 is 1. The van der Waals surface area contributed by atoms with Crippen molar-refractivity contribution >= 4 is 23.1 Å². The molecule has 6 nitrogen and oxygen atoms in total. The van der Waals surface area contributed by atoms with E-state index < -0.39 is 6.04 Å². The molecule has 1 rings (SSSR count). The molecule has 1 aromatic rings. The molecule has 0 aromatic heterocycles. The average molecular weight is 279 g/mol. The summed E-state index contributed by atoms with van der Waals surface area (Å²) < 4.78 is 4.86. The van der Waals surface area contributed by atoms with Crippen molar-refractivity contribution in [2.45, 2.75) is 19.9 Å². The van der Waals surface area contributed by atoms with Crippen LogP contribution in [0.15, 0.2) is 18.2 Å². The van der Waals surface area contributed by atoms with Gasteiger partial charge < -0.3 is 21.1 Å². The summed E-state index contributed by atoms with van der Waals surface area (Å²) in [5, 5.41) is 5.77. The second-order valence-corrected chi connectivity index (χ2v) is 4.51. The van der Waals surface area contributed by atoms with Crippen LogP contribution in [0.4, 0.5) is 11.4 Å². The van der Waals surface area contributed by atoms with Crippen molar-refractivity contribution in [3.63, 3.8) is 0 Å². The van der Waals surface area contributed by atoms with Crippen molar-refractivity contribution in [1.82, 2.24) is 5.32 Å². The molecule has 1 aromatic carbocycles. The zero-order valence-electron chi connectivity index (χ0n) is 12.0. The van der Waals surface area contributed by atoms with Gasteiger partial charge in [0, 0.05) is 30.6 Å². The number of anilines is 2. The highest BCUT2D eigenvalue weighted by molar-refractivity contribution is 5.99. The number of carbonyl (C=O) groups is 2. The van der Waals surface area contributed by atoms with Gasteiger partial charge in [0.05, 0.1) is 6.61 Å². The van der Waals surface area contributed by atoms with Crippen molar-refractivity contribution in [1.29, 1.82) is 0 Å². The lowest BCUT2D eigenvalue weighted by Crippen LogP contribution is -2.39. The van der Waals surface area contributed by atoms with Gasteiger partial charge in [-0.1, -0.05) is 0 Å². The standard InChI is InChI=1S/C14H21N3O3/c1-9(14(19)16-6-7-20-3)17-11-4-5-12(10(2)18)13(15)8-11/h4-5,8-9,17H,6-7,15H2,1-3H3,(H,16,19). The number of nitrogen functional groups attached to an aromatic ring is 1. The molecule has 20 heavy (non-hydrogen) atoms. The molecule has 1 unspecified atom stereocenters. The fraction of sp³-hybridized carbons (Fsp3) is 0.429. The fourth-order valence-electron chi connectivity index (χ4n) is 1.72. The molecule has 0 saturated heterocycles. The van der Waals surface area contributed by atoms with E-state index in [1.807, 2.05) is 0 Å². The normalized spacial score (nSPS) is 11.8. The quantitative estimate of drug-likeness (QED) is 0.394. The monoisotopic (exact) mass is 279 g/mol. The maximum atomic E-state index is 11.8. The van der Waals surface area contributed by atoms with Crippen LogP contribution in [0.25, 0.3) is 0 Å². The number of amides is 1. The Hall–Kier alpha value is -2.08. The van der Waals surface area contributed by atoms with Crippen LogP contribution >= 0.6 is 0 Å². The van der Waals surface area contributed by atoms with E-state index in [-0.39, 0.29) is 11.7 Å². The molecule has 0 saturated carbocycles. The summed E-state index contributed by atoms with van der Waals surface area (Å²) in [6.07, 6.45) is 0. The first-order valence-electron chi connectivity index (χ1n) is 6.39.